The fourth-order valence-corrected chi connectivity index (χ4v) is 3.84. The van der Waals surface area contributed by atoms with Crippen LogP contribution < -0.4 is 0 Å². The van der Waals surface area contributed by atoms with Crippen LogP contribution in [0.3, 0.4) is 0 Å². The molecule has 0 amide bonds. The first kappa shape index (κ1) is 15.7. The number of nitrogens with zero attached hydrogens (tertiary/aromatic N) is 3. The highest BCUT2D eigenvalue weighted by Gasteiger charge is 2.11. The minimum atomic E-state index is 0.180. The summed E-state index contributed by atoms with van der Waals surface area (Å²) in [5.41, 5.74) is 0.602. The standard InChI is InChI=1S/C13H8I2N4O2S/c14-8-4-7(11(20)9(15)5-8)6-16-19-12(17-18-13(19)22)10-2-1-3-21-10/h1-6,20H,(H,18,22). The van der Waals surface area contributed by atoms with E-state index in [1.54, 1.807) is 18.4 Å². The Morgan fingerprint density at radius 1 is 1.41 bits per heavy atom. The molecule has 0 saturated heterocycles. The van der Waals surface area contributed by atoms with Gasteiger partial charge >= 0.3 is 0 Å². The summed E-state index contributed by atoms with van der Waals surface area (Å²) in [6, 6.07) is 7.24. The Bertz CT molecular complexity index is 899. The number of phenols is 1. The van der Waals surface area contributed by atoms with Gasteiger partial charge in [-0.2, -0.15) is 9.78 Å². The number of hydrogen-bond donors (Lipinski definition) is 2. The second kappa shape index (κ2) is 6.50. The molecular weight excluding hydrogens is 530 g/mol. The molecule has 0 aliphatic carbocycles. The number of aromatic nitrogens is 3. The van der Waals surface area contributed by atoms with Crippen molar-refractivity contribution in [2.24, 2.45) is 5.10 Å². The van der Waals surface area contributed by atoms with Crippen LogP contribution in [0.4, 0.5) is 0 Å². The van der Waals surface area contributed by atoms with Crippen molar-refractivity contribution in [3.05, 3.63) is 48.0 Å². The summed E-state index contributed by atoms with van der Waals surface area (Å²) in [6.07, 6.45) is 3.09. The van der Waals surface area contributed by atoms with Gasteiger partial charge in [0.1, 0.15) is 5.75 Å². The van der Waals surface area contributed by atoms with E-state index >= 15 is 0 Å². The predicted octanol–water partition coefficient (Wildman–Crippen LogP) is 4.00. The summed E-state index contributed by atoms with van der Waals surface area (Å²) in [7, 11) is 0. The van der Waals surface area contributed by atoms with E-state index in [-0.39, 0.29) is 5.75 Å². The van der Waals surface area contributed by atoms with E-state index in [0.29, 0.717) is 21.9 Å². The van der Waals surface area contributed by atoms with E-state index in [2.05, 4.69) is 60.5 Å². The number of aromatic hydroxyl groups is 1. The maximum absolute atomic E-state index is 10.1. The lowest BCUT2D eigenvalue weighted by atomic mass is 10.2. The molecular formula is C13H8I2N4O2S. The molecule has 9 heteroatoms. The molecule has 2 aromatic heterocycles. The van der Waals surface area contributed by atoms with Crippen molar-refractivity contribution in [1.82, 2.24) is 14.9 Å². The molecule has 3 rings (SSSR count). The molecule has 0 atom stereocenters. The first-order valence-corrected chi connectivity index (χ1v) is 8.56. The van der Waals surface area contributed by atoms with E-state index in [4.69, 9.17) is 16.6 Å². The van der Waals surface area contributed by atoms with E-state index in [0.717, 1.165) is 7.14 Å². The average Bonchev–Trinajstić information content (AvgIpc) is 3.11. The molecule has 1 aromatic carbocycles. The fraction of sp³-hybridized carbons (Fsp3) is 0. The lowest BCUT2D eigenvalue weighted by molar-refractivity contribution is 0.470. The van der Waals surface area contributed by atoms with Gasteiger partial charge in [-0.1, -0.05) is 0 Å². The smallest absolute Gasteiger partial charge is 0.219 e. The van der Waals surface area contributed by atoms with Gasteiger partial charge in [-0.15, -0.1) is 5.10 Å². The Hall–Kier alpha value is -1.21. The summed E-state index contributed by atoms with van der Waals surface area (Å²) in [6.45, 7) is 0. The van der Waals surface area contributed by atoms with Gasteiger partial charge in [-0.25, -0.2) is 5.10 Å². The zero-order valence-corrected chi connectivity index (χ0v) is 16.0. The maximum atomic E-state index is 10.1. The highest BCUT2D eigenvalue weighted by molar-refractivity contribution is 14.1. The van der Waals surface area contributed by atoms with Crippen LogP contribution in [-0.2, 0) is 0 Å². The van der Waals surface area contributed by atoms with Gasteiger partial charge in [0.2, 0.25) is 10.6 Å². The van der Waals surface area contributed by atoms with Crippen LogP contribution in [-0.4, -0.2) is 26.2 Å². The van der Waals surface area contributed by atoms with Crippen molar-refractivity contribution in [3.63, 3.8) is 0 Å². The minimum Gasteiger partial charge on any atom is -0.506 e. The third-order valence-electron chi connectivity index (χ3n) is 2.76. The number of furan rings is 1. The first-order valence-electron chi connectivity index (χ1n) is 6.00. The molecule has 0 aliphatic rings. The Balaban J connectivity index is 2.04. The number of phenolic OH excluding ortho intramolecular Hbond substituents is 1. The molecule has 0 spiro atoms. The molecule has 2 heterocycles. The van der Waals surface area contributed by atoms with Gasteiger partial charge in [-0.3, -0.25) is 0 Å². The second-order valence-electron chi connectivity index (χ2n) is 4.21. The predicted molar refractivity (Wildman–Crippen MR) is 102 cm³/mol. The van der Waals surface area contributed by atoms with Gasteiger partial charge in [0, 0.05) is 9.13 Å². The average molecular weight is 538 g/mol. The van der Waals surface area contributed by atoms with Crippen LogP contribution in [0.25, 0.3) is 11.6 Å². The number of aromatic amines is 1. The zero-order valence-electron chi connectivity index (χ0n) is 10.8. The number of nitrogens with one attached hydrogen (secondary N) is 1. The van der Waals surface area contributed by atoms with Gasteiger partial charge in [-0.05, 0) is 81.7 Å². The number of halogens is 2. The Morgan fingerprint density at radius 2 is 2.23 bits per heavy atom. The van der Waals surface area contributed by atoms with Gasteiger partial charge < -0.3 is 9.52 Å². The van der Waals surface area contributed by atoms with Crippen LogP contribution in [0.15, 0.2) is 40.0 Å². The maximum Gasteiger partial charge on any atom is 0.219 e. The zero-order chi connectivity index (χ0) is 15.7. The molecule has 2 N–H and O–H groups in total. The molecule has 0 radical (unpaired) electrons. The molecule has 22 heavy (non-hydrogen) atoms. The van der Waals surface area contributed by atoms with Crippen molar-refractivity contribution < 1.29 is 9.52 Å². The quantitative estimate of drug-likeness (QED) is 0.301. The Morgan fingerprint density at radius 3 is 2.95 bits per heavy atom. The number of H-pyrrole nitrogens is 1. The summed E-state index contributed by atoms with van der Waals surface area (Å²) < 4.78 is 8.85. The lowest BCUT2D eigenvalue weighted by Crippen LogP contribution is -1.95. The fourth-order valence-electron chi connectivity index (χ4n) is 1.77. The molecule has 0 unspecified atom stereocenters. The topological polar surface area (TPSA) is 79.3 Å². The molecule has 0 bridgehead atoms. The first-order chi connectivity index (χ1) is 10.6. The Kier molecular flexibility index (Phi) is 4.63. The summed E-state index contributed by atoms with van der Waals surface area (Å²) in [4.78, 5) is 0. The van der Waals surface area contributed by atoms with Crippen molar-refractivity contribution >= 4 is 63.6 Å². The van der Waals surface area contributed by atoms with Gasteiger partial charge in [0.15, 0.2) is 5.76 Å². The van der Waals surface area contributed by atoms with Crippen LogP contribution in [0, 0.1) is 11.9 Å². The number of rotatable bonds is 3. The molecule has 0 saturated carbocycles. The lowest BCUT2D eigenvalue weighted by Gasteiger charge is -2.03. The van der Waals surface area contributed by atoms with Crippen molar-refractivity contribution in [2.45, 2.75) is 0 Å². The minimum absolute atomic E-state index is 0.180. The van der Waals surface area contributed by atoms with Crippen LogP contribution >= 0.6 is 57.4 Å². The van der Waals surface area contributed by atoms with E-state index in [1.807, 2.05) is 12.1 Å². The number of benzene rings is 1. The Labute approximate surface area is 157 Å². The van der Waals surface area contributed by atoms with Crippen molar-refractivity contribution in [2.75, 3.05) is 0 Å². The molecule has 0 fully saturated rings. The largest absolute Gasteiger partial charge is 0.506 e. The second-order valence-corrected chi connectivity index (χ2v) is 7.01. The molecule has 6 nitrogen and oxygen atoms in total. The highest BCUT2D eigenvalue weighted by Crippen LogP contribution is 2.26. The van der Waals surface area contributed by atoms with Gasteiger partial charge in [0.05, 0.1) is 16.0 Å². The van der Waals surface area contributed by atoms with Crippen LogP contribution in [0.1, 0.15) is 5.56 Å². The van der Waals surface area contributed by atoms with Crippen LogP contribution in [0.2, 0.25) is 0 Å². The monoisotopic (exact) mass is 538 g/mol. The molecule has 0 aliphatic heterocycles. The van der Waals surface area contributed by atoms with E-state index in [1.165, 1.54) is 10.9 Å². The van der Waals surface area contributed by atoms with Crippen molar-refractivity contribution in [1.29, 1.82) is 0 Å². The molecule has 3 aromatic rings. The summed E-state index contributed by atoms with van der Waals surface area (Å²) in [5, 5.41) is 21.2. The van der Waals surface area contributed by atoms with Crippen molar-refractivity contribution in [3.8, 4) is 17.3 Å². The SMILES string of the molecule is Oc1c(I)cc(I)cc1C=Nn1c(-c2ccco2)n[nH]c1=S. The summed E-state index contributed by atoms with van der Waals surface area (Å²) >= 11 is 9.43. The molecule has 112 valence electrons. The van der Waals surface area contributed by atoms with E-state index in [9.17, 15) is 5.11 Å². The normalized spacial score (nSPS) is 11.4. The third kappa shape index (κ3) is 3.10. The summed E-state index contributed by atoms with van der Waals surface area (Å²) in [5.74, 6) is 1.19. The van der Waals surface area contributed by atoms with Crippen LogP contribution in [0.5, 0.6) is 5.75 Å². The van der Waals surface area contributed by atoms with E-state index < -0.39 is 0 Å². The van der Waals surface area contributed by atoms with Gasteiger partial charge in [0.25, 0.3) is 0 Å². The number of hydrogen-bond acceptors (Lipinski definition) is 5. The highest BCUT2D eigenvalue weighted by atomic mass is 127. The third-order valence-corrected chi connectivity index (χ3v) is 4.47.